The van der Waals surface area contributed by atoms with Gasteiger partial charge in [0.2, 0.25) is 0 Å². The number of rotatable bonds is 2. The third-order valence-corrected chi connectivity index (χ3v) is 3.24. The minimum Gasteiger partial charge on any atom is -0.310 e. The van der Waals surface area contributed by atoms with Crippen LogP contribution >= 0.6 is 0 Å². The highest BCUT2D eigenvalue weighted by molar-refractivity contribution is 5.66. The van der Waals surface area contributed by atoms with Crippen LogP contribution in [0.4, 0.5) is 4.39 Å². The monoisotopic (exact) mass is 260 g/mol. The molecule has 0 atom stereocenters. The van der Waals surface area contributed by atoms with Crippen molar-refractivity contribution >= 4 is 0 Å². The van der Waals surface area contributed by atoms with E-state index in [0.29, 0.717) is 28.2 Å². The summed E-state index contributed by atoms with van der Waals surface area (Å²) in [5.74, 6) is 0.445. The second kappa shape index (κ2) is 4.96. The van der Waals surface area contributed by atoms with Gasteiger partial charge in [0.25, 0.3) is 5.56 Å². The van der Waals surface area contributed by atoms with E-state index in [9.17, 15) is 9.18 Å². The predicted octanol–water partition coefficient (Wildman–Crippen LogP) is 3.32. The van der Waals surface area contributed by atoms with Gasteiger partial charge in [0, 0.05) is 17.0 Å². The van der Waals surface area contributed by atoms with Crippen molar-refractivity contribution in [3.63, 3.8) is 0 Å². The molecular weight excluding hydrogens is 243 g/mol. The lowest BCUT2D eigenvalue weighted by molar-refractivity contribution is 0.619. The molecule has 1 heterocycles. The molecule has 19 heavy (non-hydrogen) atoms. The number of aromatic amines is 1. The second-order valence-electron chi connectivity index (χ2n) is 4.99. The molecule has 0 aliphatic rings. The summed E-state index contributed by atoms with van der Waals surface area (Å²) in [6, 6.07) is 4.83. The number of nitrogens with one attached hydrogen (secondary N) is 1. The lowest BCUT2D eigenvalue weighted by Crippen LogP contribution is -2.17. The standard InChI is InChI=1S/C15H17FN2O/c1-8(2)14-17-13(10(4)15(19)18-14)11-6-5-7-12(16)9(11)3/h5-8H,1-4H3,(H,17,18,19). The molecule has 0 aliphatic carbocycles. The Balaban J connectivity index is 2.75. The topological polar surface area (TPSA) is 45.8 Å². The molecule has 100 valence electrons. The van der Waals surface area contributed by atoms with Crippen LogP contribution in [0.1, 0.15) is 36.7 Å². The SMILES string of the molecule is Cc1c(F)cccc1-c1nc(C(C)C)[nH]c(=O)c1C. The van der Waals surface area contributed by atoms with Crippen molar-refractivity contribution in [2.24, 2.45) is 0 Å². The Bertz CT molecular complexity index is 674. The fourth-order valence-corrected chi connectivity index (χ4v) is 1.95. The van der Waals surface area contributed by atoms with Gasteiger partial charge >= 0.3 is 0 Å². The smallest absolute Gasteiger partial charge is 0.254 e. The number of hydrogen-bond acceptors (Lipinski definition) is 2. The van der Waals surface area contributed by atoms with Crippen molar-refractivity contribution in [2.45, 2.75) is 33.6 Å². The fraction of sp³-hybridized carbons (Fsp3) is 0.333. The van der Waals surface area contributed by atoms with Crippen molar-refractivity contribution in [1.29, 1.82) is 0 Å². The lowest BCUT2D eigenvalue weighted by Gasteiger charge is -2.12. The maximum absolute atomic E-state index is 13.6. The van der Waals surface area contributed by atoms with Gasteiger partial charge < -0.3 is 4.98 Å². The Morgan fingerprint density at radius 2 is 1.89 bits per heavy atom. The molecule has 0 saturated carbocycles. The number of aromatic nitrogens is 2. The summed E-state index contributed by atoms with van der Waals surface area (Å²) in [7, 11) is 0. The van der Waals surface area contributed by atoms with Crippen molar-refractivity contribution in [1.82, 2.24) is 9.97 Å². The molecule has 0 bridgehead atoms. The summed E-state index contributed by atoms with van der Waals surface area (Å²) < 4.78 is 13.6. The molecule has 1 N–H and O–H groups in total. The summed E-state index contributed by atoms with van der Waals surface area (Å²) in [6.07, 6.45) is 0. The van der Waals surface area contributed by atoms with E-state index in [1.54, 1.807) is 26.0 Å². The first kappa shape index (κ1) is 13.5. The van der Waals surface area contributed by atoms with Crippen LogP contribution < -0.4 is 5.56 Å². The molecule has 1 aromatic heterocycles. The van der Waals surface area contributed by atoms with E-state index in [4.69, 9.17) is 0 Å². The summed E-state index contributed by atoms with van der Waals surface area (Å²) in [4.78, 5) is 19.2. The van der Waals surface area contributed by atoms with Gasteiger partial charge in [-0.25, -0.2) is 9.37 Å². The minimum absolute atomic E-state index is 0.112. The molecule has 0 unspecified atom stereocenters. The highest BCUT2D eigenvalue weighted by atomic mass is 19.1. The molecule has 1 aromatic carbocycles. The average Bonchev–Trinajstić information content (AvgIpc) is 2.36. The van der Waals surface area contributed by atoms with E-state index >= 15 is 0 Å². The Hall–Kier alpha value is -1.97. The van der Waals surface area contributed by atoms with Crippen LogP contribution in [0.25, 0.3) is 11.3 Å². The van der Waals surface area contributed by atoms with Crippen LogP contribution in [0, 0.1) is 19.7 Å². The van der Waals surface area contributed by atoms with Crippen LogP contribution in [0.2, 0.25) is 0 Å². The van der Waals surface area contributed by atoms with E-state index < -0.39 is 0 Å². The molecule has 2 aromatic rings. The highest BCUT2D eigenvalue weighted by Gasteiger charge is 2.14. The van der Waals surface area contributed by atoms with Gasteiger partial charge in [0.15, 0.2) is 0 Å². The van der Waals surface area contributed by atoms with Crippen LogP contribution in [0.15, 0.2) is 23.0 Å². The van der Waals surface area contributed by atoms with Gasteiger partial charge in [-0.3, -0.25) is 4.79 Å². The van der Waals surface area contributed by atoms with E-state index in [2.05, 4.69) is 9.97 Å². The number of H-pyrrole nitrogens is 1. The molecule has 0 radical (unpaired) electrons. The lowest BCUT2D eigenvalue weighted by atomic mass is 10.0. The largest absolute Gasteiger partial charge is 0.310 e. The number of benzene rings is 1. The number of nitrogens with zero attached hydrogens (tertiary/aromatic N) is 1. The van der Waals surface area contributed by atoms with E-state index in [1.807, 2.05) is 13.8 Å². The summed E-state index contributed by atoms with van der Waals surface area (Å²) in [6.45, 7) is 7.31. The second-order valence-corrected chi connectivity index (χ2v) is 4.99. The van der Waals surface area contributed by atoms with E-state index in [0.717, 1.165) is 0 Å². The summed E-state index contributed by atoms with van der Waals surface area (Å²) >= 11 is 0. The molecule has 0 saturated heterocycles. The zero-order valence-corrected chi connectivity index (χ0v) is 11.5. The Labute approximate surface area is 111 Å². The number of halogens is 1. The van der Waals surface area contributed by atoms with Crippen LogP contribution in [-0.4, -0.2) is 9.97 Å². The molecule has 2 rings (SSSR count). The first-order valence-electron chi connectivity index (χ1n) is 6.28. The predicted molar refractivity (Wildman–Crippen MR) is 73.8 cm³/mol. The van der Waals surface area contributed by atoms with Crippen LogP contribution in [0.3, 0.4) is 0 Å². The molecule has 0 amide bonds. The van der Waals surface area contributed by atoms with Gasteiger partial charge in [0.05, 0.1) is 5.69 Å². The first-order chi connectivity index (χ1) is 8.91. The van der Waals surface area contributed by atoms with Gasteiger partial charge in [0.1, 0.15) is 11.6 Å². The molecule has 4 heteroatoms. The summed E-state index contributed by atoms with van der Waals surface area (Å²) in [5, 5.41) is 0. The summed E-state index contributed by atoms with van der Waals surface area (Å²) in [5.41, 5.74) is 2.09. The third-order valence-electron chi connectivity index (χ3n) is 3.24. The van der Waals surface area contributed by atoms with Crippen molar-refractivity contribution in [3.8, 4) is 11.3 Å². The Morgan fingerprint density at radius 1 is 1.21 bits per heavy atom. The van der Waals surface area contributed by atoms with Crippen molar-refractivity contribution < 1.29 is 4.39 Å². The first-order valence-corrected chi connectivity index (χ1v) is 6.28. The molecule has 0 aliphatic heterocycles. The maximum Gasteiger partial charge on any atom is 0.254 e. The van der Waals surface area contributed by atoms with E-state index in [1.165, 1.54) is 6.07 Å². The third kappa shape index (κ3) is 2.43. The van der Waals surface area contributed by atoms with Gasteiger partial charge in [-0.2, -0.15) is 0 Å². The molecule has 0 spiro atoms. The van der Waals surface area contributed by atoms with Gasteiger partial charge in [-0.05, 0) is 25.5 Å². The quantitative estimate of drug-likeness (QED) is 0.900. The van der Waals surface area contributed by atoms with Gasteiger partial charge in [-0.15, -0.1) is 0 Å². The van der Waals surface area contributed by atoms with Gasteiger partial charge in [-0.1, -0.05) is 26.0 Å². The Kier molecular flexibility index (Phi) is 3.51. The van der Waals surface area contributed by atoms with E-state index in [-0.39, 0.29) is 17.3 Å². The maximum atomic E-state index is 13.6. The molecule has 3 nitrogen and oxygen atoms in total. The highest BCUT2D eigenvalue weighted by Crippen LogP contribution is 2.25. The fourth-order valence-electron chi connectivity index (χ4n) is 1.95. The zero-order chi connectivity index (χ0) is 14.2. The Morgan fingerprint density at radius 3 is 2.53 bits per heavy atom. The van der Waals surface area contributed by atoms with Crippen LogP contribution in [-0.2, 0) is 0 Å². The number of hydrogen-bond donors (Lipinski definition) is 1. The minimum atomic E-state index is -0.287. The van der Waals surface area contributed by atoms with Crippen molar-refractivity contribution in [2.75, 3.05) is 0 Å². The average molecular weight is 260 g/mol. The van der Waals surface area contributed by atoms with Crippen molar-refractivity contribution in [3.05, 3.63) is 51.3 Å². The molecule has 0 fully saturated rings. The molecular formula is C15H17FN2O. The zero-order valence-electron chi connectivity index (χ0n) is 11.5. The van der Waals surface area contributed by atoms with Crippen LogP contribution in [0.5, 0.6) is 0 Å². The normalized spacial score (nSPS) is 11.1.